The van der Waals surface area contributed by atoms with Crippen molar-refractivity contribution < 1.29 is 19.2 Å². The van der Waals surface area contributed by atoms with Crippen LogP contribution in [0.2, 0.25) is 0 Å². The van der Waals surface area contributed by atoms with Crippen molar-refractivity contribution in [3.63, 3.8) is 0 Å². The van der Waals surface area contributed by atoms with Gasteiger partial charge in [-0.3, -0.25) is 4.79 Å². The fourth-order valence-electron chi connectivity index (χ4n) is 3.56. The second kappa shape index (κ2) is 5.82. The molecule has 1 unspecified atom stereocenters. The zero-order valence-corrected chi connectivity index (χ0v) is 14.4. The van der Waals surface area contributed by atoms with Crippen LogP contribution in [0.25, 0.3) is 11.1 Å². The molecule has 7 heteroatoms. The Hall–Kier alpha value is -2.44. The Balaban J connectivity index is 1.85. The highest BCUT2D eigenvalue weighted by atomic mass is 16.5. The van der Waals surface area contributed by atoms with Crippen LogP contribution in [-0.2, 0) is 4.79 Å². The quantitative estimate of drug-likeness (QED) is 0.917. The summed E-state index contributed by atoms with van der Waals surface area (Å²) in [4.78, 5) is 30.7. The number of carboxylic acid groups (broad SMARTS) is 1. The Labute approximate surface area is 145 Å². The molecule has 1 atom stereocenters. The monoisotopic (exact) mass is 343 g/mol. The summed E-state index contributed by atoms with van der Waals surface area (Å²) >= 11 is 0. The summed E-state index contributed by atoms with van der Waals surface area (Å²) in [6, 6.07) is 1.06. The van der Waals surface area contributed by atoms with Crippen LogP contribution in [0.5, 0.6) is 0 Å². The summed E-state index contributed by atoms with van der Waals surface area (Å²) in [5, 5.41) is 14.2. The highest BCUT2D eigenvalue weighted by Crippen LogP contribution is 2.41. The number of aromatic nitrogens is 2. The molecule has 3 heterocycles. The first-order chi connectivity index (χ1) is 12.0. The summed E-state index contributed by atoms with van der Waals surface area (Å²) in [5.41, 5.74) is 2.39. The van der Waals surface area contributed by atoms with Crippen LogP contribution in [-0.4, -0.2) is 44.6 Å². The Morgan fingerprint density at radius 1 is 1.32 bits per heavy atom. The zero-order chi connectivity index (χ0) is 17.7. The SMILES string of the molecule is CC(C)c1noc2nc(C3CC3)cc(C(=O)N3CCCC3C(=O)O)c12. The molecule has 1 aliphatic heterocycles. The third kappa shape index (κ3) is 2.67. The molecular formula is C18H21N3O4. The average molecular weight is 343 g/mol. The molecule has 1 amide bonds. The van der Waals surface area contributed by atoms with Gasteiger partial charge in [-0.1, -0.05) is 19.0 Å². The number of carbonyl (C=O) groups excluding carboxylic acids is 1. The van der Waals surface area contributed by atoms with E-state index in [2.05, 4.69) is 10.1 Å². The van der Waals surface area contributed by atoms with E-state index in [0.29, 0.717) is 47.7 Å². The minimum Gasteiger partial charge on any atom is -0.480 e. The van der Waals surface area contributed by atoms with Crippen molar-refractivity contribution >= 4 is 23.0 Å². The lowest BCUT2D eigenvalue weighted by atomic mass is 10.0. The van der Waals surface area contributed by atoms with E-state index >= 15 is 0 Å². The van der Waals surface area contributed by atoms with Gasteiger partial charge in [0, 0.05) is 18.2 Å². The zero-order valence-electron chi connectivity index (χ0n) is 14.4. The molecule has 1 saturated carbocycles. The smallest absolute Gasteiger partial charge is 0.326 e. The summed E-state index contributed by atoms with van der Waals surface area (Å²) in [5.74, 6) is -0.773. The summed E-state index contributed by atoms with van der Waals surface area (Å²) in [6.45, 7) is 4.42. The van der Waals surface area contributed by atoms with Gasteiger partial charge in [-0.15, -0.1) is 0 Å². The van der Waals surface area contributed by atoms with Crippen molar-refractivity contribution in [2.75, 3.05) is 6.54 Å². The maximum absolute atomic E-state index is 13.2. The molecule has 0 spiro atoms. The molecule has 1 saturated heterocycles. The fourth-order valence-corrected chi connectivity index (χ4v) is 3.56. The van der Waals surface area contributed by atoms with E-state index in [1.54, 1.807) is 0 Å². The number of hydrogen-bond acceptors (Lipinski definition) is 5. The minimum atomic E-state index is -0.951. The Morgan fingerprint density at radius 3 is 2.72 bits per heavy atom. The van der Waals surface area contributed by atoms with E-state index in [1.807, 2.05) is 19.9 Å². The molecule has 25 heavy (non-hydrogen) atoms. The standard InChI is InChI=1S/C18H21N3O4/c1-9(2)15-14-11(17(22)21-7-3-4-13(21)18(23)24)8-12(10-5-6-10)19-16(14)25-20-15/h8-10,13H,3-7H2,1-2H3,(H,23,24). The highest BCUT2D eigenvalue weighted by Gasteiger charge is 2.37. The first-order valence-electron chi connectivity index (χ1n) is 8.81. The van der Waals surface area contributed by atoms with Crippen molar-refractivity contribution in [3.8, 4) is 0 Å². The van der Waals surface area contributed by atoms with Crippen molar-refractivity contribution in [1.82, 2.24) is 15.0 Å². The van der Waals surface area contributed by atoms with E-state index in [-0.39, 0.29) is 11.8 Å². The lowest BCUT2D eigenvalue weighted by Gasteiger charge is -2.22. The number of hydrogen-bond donors (Lipinski definition) is 1. The largest absolute Gasteiger partial charge is 0.480 e. The van der Waals surface area contributed by atoms with Gasteiger partial charge in [0.05, 0.1) is 16.6 Å². The third-order valence-corrected chi connectivity index (χ3v) is 5.06. The molecule has 0 bridgehead atoms. The van der Waals surface area contributed by atoms with Crippen LogP contribution in [0, 0.1) is 0 Å². The van der Waals surface area contributed by atoms with Crippen LogP contribution < -0.4 is 0 Å². The van der Waals surface area contributed by atoms with Gasteiger partial charge in [-0.05, 0) is 37.7 Å². The van der Waals surface area contributed by atoms with Crippen LogP contribution in [0.15, 0.2) is 10.6 Å². The molecule has 2 aromatic heterocycles. The molecule has 4 rings (SSSR count). The minimum absolute atomic E-state index is 0.0789. The predicted molar refractivity (Wildman–Crippen MR) is 89.6 cm³/mol. The van der Waals surface area contributed by atoms with Crippen molar-refractivity contribution in [2.24, 2.45) is 0 Å². The number of aliphatic carboxylic acids is 1. The van der Waals surface area contributed by atoms with E-state index in [4.69, 9.17) is 4.52 Å². The van der Waals surface area contributed by atoms with Gasteiger partial charge in [-0.2, -0.15) is 0 Å². The van der Waals surface area contributed by atoms with Crippen molar-refractivity contribution in [1.29, 1.82) is 0 Å². The highest BCUT2D eigenvalue weighted by molar-refractivity contribution is 6.07. The maximum Gasteiger partial charge on any atom is 0.326 e. The van der Waals surface area contributed by atoms with Gasteiger partial charge in [0.25, 0.3) is 11.6 Å². The number of amides is 1. The molecule has 0 radical (unpaired) electrons. The van der Waals surface area contributed by atoms with Crippen LogP contribution in [0.3, 0.4) is 0 Å². The van der Waals surface area contributed by atoms with Gasteiger partial charge in [0.15, 0.2) is 0 Å². The first-order valence-corrected chi connectivity index (χ1v) is 8.81. The number of rotatable bonds is 4. The van der Waals surface area contributed by atoms with Gasteiger partial charge in [-0.25, -0.2) is 9.78 Å². The molecule has 1 aliphatic carbocycles. The second-order valence-electron chi connectivity index (χ2n) is 7.27. The van der Waals surface area contributed by atoms with Crippen LogP contribution in [0.4, 0.5) is 0 Å². The molecule has 2 aromatic rings. The third-order valence-electron chi connectivity index (χ3n) is 5.06. The molecule has 132 valence electrons. The summed E-state index contributed by atoms with van der Waals surface area (Å²) in [7, 11) is 0. The van der Waals surface area contributed by atoms with Crippen LogP contribution in [0.1, 0.15) is 73.1 Å². The lowest BCUT2D eigenvalue weighted by Crippen LogP contribution is -2.40. The van der Waals surface area contributed by atoms with Gasteiger partial charge >= 0.3 is 5.97 Å². The molecule has 2 aliphatic rings. The lowest BCUT2D eigenvalue weighted by molar-refractivity contribution is -0.141. The van der Waals surface area contributed by atoms with Gasteiger partial charge < -0.3 is 14.5 Å². The maximum atomic E-state index is 13.2. The molecule has 2 fully saturated rings. The number of carboxylic acids is 1. The summed E-state index contributed by atoms with van der Waals surface area (Å²) < 4.78 is 5.41. The van der Waals surface area contributed by atoms with Gasteiger partial charge in [0.1, 0.15) is 6.04 Å². The van der Waals surface area contributed by atoms with Gasteiger partial charge in [0.2, 0.25) is 0 Å². The van der Waals surface area contributed by atoms with E-state index < -0.39 is 12.0 Å². The number of likely N-dealkylation sites (tertiary alicyclic amines) is 1. The Morgan fingerprint density at radius 2 is 2.08 bits per heavy atom. The molecule has 1 N–H and O–H groups in total. The molecular weight excluding hydrogens is 322 g/mol. The average Bonchev–Trinajstić information content (AvgIpc) is 3.14. The predicted octanol–water partition coefficient (Wildman–Crippen LogP) is 2.91. The number of carbonyl (C=O) groups is 2. The van der Waals surface area contributed by atoms with E-state index in [1.165, 1.54) is 4.90 Å². The van der Waals surface area contributed by atoms with Crippen molar-refractivity contribution in [2.45, 2.75) is 57.4 Å². The molecule has 0 aromatic carbocycles. The number of pyridine rings is 1. The Bertz CT molecular complexity index is 853. The fraction of sp³-hybridized carbons (Fsp3) is 0.556. The van der Waals surface area contributed by atoms with Crippen molar-refractivity contribution in [3.05, 3.63) is 23.0 Å². The first kappa shape index (κ1) is 16.1. The van der Waals surface area contributed by atoms with E-state index in [9.17, 15) is 14.7 Å². The van der Waals surface area contributed by atoms with Crippen LogP contribution >= 0.6 is 0 Å². The second-order valence-corrected chi connectivity index (χ2v) is 7.27. The summed E-state index contributed by atoms with van der Waals surface area (Å²) in [6.07, 6.45) is 3.30. The Kier molecular flexibility index (Phi) is 3.74. The number of nitrogens with zero attached hydrogens (tertiary/aromatic N) is 3. The molecule has 7 nitrogen and oxygen atoms in total. The number of fused-ring (bicyclic) bond motifs is 1. The van der Waals surface area contributed by atoms with E-state index in [0.717, 1.165) is 18.5 Å². The normalized spacial score (nSPS) is 20.6. The topological polar surface area (TPSA) is 96.5 Å².